The quantitative estimate of drug-likeness (QED) is 0.703. The zero-order chi connectivity index (χ0) is 11.1. The van der Waals surface area contributed by atoms with E-state index in [0.29, 0.717) is 19.3 Å². The highest BCUT2D eigenvalue weighted by molar-refractivity contribution is 5.76. The molecule has 1 heterocycles. The molecule has 15 heavy (non-hydrogen) atoms. The van der Waals surface area contributed by atoms with E-state index in [2.05, 4.69) is 5.32 Å². The van der Waals surface area contributed by atoms with Crippen LogP contribution in [0, 0.1) is 0 Å². The minimum Gasteiger partial charge on any atom is -0.467 e. The Morgan fingerprint density at radius 2 is 2.40 bits per heavy atom. The van der Waals surface area contributed by atoms with E-state index in [4.69, 9.17) is 9.52 Å². The average molecular weight is 211 g/mol. The predicted molar refractivity (Wildman–Crippen MR) is 56.2 cm³/mol. The number of furan rings is 1. The SMILES string of the molecule is C[C@H](NC(=O)CCCCO)c1ccco1. The standard InChI is InChI=1S/C11H17NO3/c1-9(10-5-4-8-15-10)12-11(14)6-2-3-7-13/h4-5,8-9,13H,2-3,6-7H2,1H3,(H,12,14)/t9-/m0/s1. The summed E-state index contributed by atoms with van der Waals surface area (Å²) in [5.41, 5.74) is 0. The predicted octanol–water partition coefficient (Wildman–Crippen LogP) is 1.62. The van der Waals surface area contributed by atoms with E-state index < -0.39 is 0 Å². The van der Waals surface area contributed by atoms with Crippen LogP contribution in [0.15, 0.2) is 22.8 Å². The summed E-state index contributed by atoms with van der Waals surface area (Å²) in [4.78, 5) is 11.4. The third-order valence-corrected chi connectivity index (χ3v) is 2.16. The van der Waals surface area contributed by atoms with Crippen LogP contribution in [-0.2, 0) is 4.79 Å². The van der Waals surface area contributed by atoms with Gasteiger partial charge in [-0.05, 0) is 31.9 Å². The number of nitrogens with one attached hydrogen (secondary N) is 1. The van der Waals surface area contributed by atoms with Gasteiger partial charge in [0.1, 0.15) is 5.76 Å². The molecule has 4 nitrogen and oxygen atoms in total. The maximum atomic E-state index is 11.4. The molecule has 1 aromatic heterocycles. The summed E-state index contributed by atoms with van der Waals surface area (Å²) in [7, 11) is 0. The lowest BCUT2D eigenvalue weighted by Gasteiger charge is -2.10. The van der Waals surface area contributed by atoms with E-state index in [1.807, 2.05) is 13.0 Å². The topological polar surface area (TPSA) is 62.5 Å². The van der Waals surface area contributed by atoms with Gasteiger partial charge in [-0.15, -0.1) is 0 Å². The first-order valence-electron chi connectivity index (χ1n) is 5.17. The monoisotopic (exact) mass is 211 g/mol. The van der Waals surface area contributed by atoms with Crippen molar-refractivity contribution in [3.8, 4) is 0 Å². The van der Waals surface area contributed by atoms with E-state index in [1.165, 1.54) is 0 Å². The van der Waals surface area contributed by atoms with Crippen molar-refractivity contribution in [1.82, 2.24) is 5.32 Å². The smallest absolute Gasteiger partial charge is 0.220 e. The van der Waals surface area contributed by atoms with Crippen LogP contribution in [0.2, 0.25) is 0 Å². The molecule has 0 aromatic carbocycles. The van der Waals surface area contributed by atoms with Gasteiger partial charge in [-0.1, -0.05) is 0 Å². The van der Waals surface area contributed by atoms with E-state index in [9.17, 15) is 4.79 Å². The fraction of sp³-hybridized carbons (Fsp3) is 0.545. The van der Waals surface area contributed by atoms with Crippen LogP contribution < -0.4 is 5.32 Å². The summed E-state index contributed by atoms with van der Waals surface area (Å²) >= 11 is 0. The molecule has 1 rings (SSSR count). The van der Waals surface area contributed by atoms with E-state index in [0.717, 1.165) is 5.76 Å². The average Bonchev–Trinajstić information content (AvgIpc) is 2.70. The molecule has 0 radical (unpaired) electrons. The Morgan fingerprint density at radius 1 is 1.60 bits per heavy atom. The first-order valence-corrected chi connectivity index (χ1v) is 5.17. The molecule has 0 aliphatic carbocycles. The minimum absolute atomic E-state index is 0.00708. The number of unbranched alkanes of at least 4 members (excludes halogenated alkanes) is 1. The highest BCUT2D eigenvalue weighted by Crippen LogP contribution is 2.12. The largest absolute Gasteiger partial charge is 0.467 e. The van der Waals surface area contributed by atoms with Gasteiger partial charge in [-0.2, -0.15) is 0 Å². The Morgan fingerprint density at radius 3 is 3.00 bits per heavy atom. The summed E-state index contributed by atoms with van der Waals surface area (Å²) in [6.45, 7) is 2.02. The molecule has 2 N–H and O–H groups in total. The van der Waals surface area contributed by atoms with Crippen LogP contribution in [0.5, 0.6) is 0 Å². The van der Waals surface area contributed by atoms with Gasteiger partial charge < -0.3 is 14.8 Å². The number of hydrogen-bond donors (Lipinski definition) is 2. The van der Waals surface area contributed by atoms with Crippen LogP contribution in [0.1, 0.15) is 38.0 Å². The van der Waals surface area contributed by atoms with Crippen LogP contribution in [0.25, 0.3) is 0 Å². The van der Waals surface area contributed by atoms with Crippen molar-refractivity contribution in [2.45, 2.75) is 32.2 Å². The summed E-state index contributed by atoms with van der Waals surface area (Å²) in [5, 5.41) is 11.4. The van der Waals surface area contributed by atoms with Gasteiger partial charge in [0.05, 0.1) is 12.3 Å². The van der Waals surface area contributed by atoms with Gasteiger partial charge in [-0.3, -0.25) is 4.79 Å². The maximum Gasteiger partial charge on any atom is 0.220 e. The van der Waals surface area contributed by atoms with E-state index >= 15 is 0 Å². The zero-order valence-corrected chi connectivity index (χ0v) is 8.90. The Bertz CT molecular complexity index is 282. The number of aliphatic hydroxyl groups excluding tert-OH is 1. The third kappa shape index (κ3) is 4.16. The van der Waals surface area contributed by atoms with Gasteiger partial charge in [0.15, 0.2) is 0 Å². The highest BCUT2D eigenvalue weighted by Gasteiger charge is 2.10. The van der Waals surface area contributed by atoms with Crippen molar-refractivity contribution >= 4 is 5.91 Å². The molecule has 1 atom stereocenters. The summed E-state index contributed by atoms with van der Waals surface area (Å²) in [5.74, 6) is 0.748. The number of rotatable bonds is 6. The summed E-state index contributed by atoms with van der Waals surface area (Å²) in [6.07, 6.45) is 3.42. The zero-order valence-electron chi connectivity index (χ0n) is 8.90. The first-order chi connectivity index (χ1) is 7.24. The minimum atomic E-state index is -0.0957. The fourth-order valence-corrected chi connectivity index (χ4v) is 1.32. The molecule has 0 saturated carbocycles. The summed E-state index contributed by atoms with van der Waals surface area (Å²) in [6, 6.07) is 3.53. The Labute approximate surface area is 89.3 Å². The highest BCUT2D eigenvalue weighted by atomic mass is 16.3. The molecule has 0 saturated heterocycles. The Kier molecular flexibility index (Phi) is 4.90. The first kappa shape index (κ1) is 11.8. The molecule has 1 aromatic rings. The molecule has 0 bridgehead atoms. The lowest BCUT2D eigenvalue weighted by molar-refractivity contribution is -0.122. The molecular formula is C11H17NO3. The van der Waals surface area contributed by atoms with Crippen LogP contribution in [-0.4, -0.2) is 17.6 Å². The molecule has 4 heteroatoms. The second kappa shape index (κ2) is 6.24. The molecule has 0 fully saturated rings. The van der Waals surface area contributed by atoms with Crippen LogP contribution in [0.3, 0.4) is 0 Å². The van der Waals surface area contributed by atoms with Crippen molar-refractivity contribution in [3.63, 3.8) is 0 Å². The van der Waals surface area contributed by atoms with Crippen LogP contribution in [0.4, 0.5) is 0 Å². The molecule has 0 aliphatic rings. The number of amides is 1. The fourth-order valence-electron chi connectivity index (χ4n) is 1.32. The molecule has 84 valence electrons. The maximum absolute atomic E-state index is 11.4. The molecular weight excluding hydrogens is 194 g/mol. The lowest BCUT2D eigenvalue weighted by Crippen LogP contribution is -2.26. The Balaban J connectivity index is 2.26. The molecule has 0 unspecified atom stereocenters. The van der Waals surface area contributed by atoms with Gasteiger partial charge in [-0.25, -0.2) is 0 Å². The van der Waals surface area contributed by atoms with Crippen LogP contribution >= 0.6 is 0 Å². The van der Waals surface area contributed by atoms with E-state index in [-0.39, 0.29) is 18.6 Å². The van der Waals surface area contributed by atoms with Gasteiger partial charge in [0, 0.05) is 13.0 Å². The van der Waals surface area contributed by atoms with Crippen molar-refractivity contribution in [2.75, 3.05) is 6.61 Å². The van der Waals surface area contributed by atoms with E-state index in [1.54, 1.807) is 12.3 Å². The second-order valence-corrected chi connectivity index (χ2v) is 3.49. The van der Waals surface area contributed by atoms with Crippen molar-refractivity contribution in [2.24, 2.45) is 0 Å². The number of hydrogen-bond acceptors (Lipinski definition) is 3. The number of aliphatic hydroxyl groups is 1. The lowest BCUT2D eigenvalue weighted by atomic mass is 10.2. The molecule has 0 aliphatic heterocycles. The van der Waals surface area contributed by atoms with Crippen molar-refractivity contribution in [3.05, 3.63) is 24.2 Å². The second-order valence-electron chi connectivity index (χ2n) is 3.49. The number of carbonyl (C=O) groups excluding carboxylic acids is 1. The van der Waals surface area contributed by atoms with Gasteiger partial charge in [0.2, 0.25) is 5.91 Å². The third-order valence-electron chi connectivity index (χ3n) is 2.16. The molecule has 0 spiro atoms. The van der Waals surface area contributed by atoms with Crippen molar-refractivity contribution in [1.29, 1.82) is 0 Å². The van der Waals surface area contributed by atoms with Gasteiger partial charge in [0.25, 0.3) is 0 Å². The Hall–Kier alpha value is -1.29. The molecule has 1 amide bonds. The van der Waals surface area contributed by atoms with Gasteiger partial charge >= 0.3 is 0 Å². The number of carbonyl (C=O) groups is 1. The summed E-state index contributed by atoms with van der Waals surface area (Å²) < 4.78 is 5.17. The van der Waals surface area contributed by atoms with Crippen molar-refractivity contribution < 1.29 is 14.3 Å². The normalized spacial score (nSPS) is 12.4.